The first-order valence-electron chi connectivity index (χ1n) is 5.32. The highest BCUT2D eigenvalue weighted by molar-refractivity contribution is 5.88. The van der Waals surface area contributed by atoms with Crippen LogP contribution in [0.2, 0.25) is 0 Å². The lowest BCUT2D eigenvalue weighted by Crippen LogP contribution is -2.45. The topological polar surface area (TPSA) is 29.1 Å². The summed E-state index contributed by atoms with van der Waals surface area (Å²) < 4.78 is 0. The SMILES string of the molecule is CC(C)N[C@H](C(=O)C1CC1)C(C)C. The summed E-state index contributed by atoms with van der Waals surface area (Å²) in [7, 11) is 0. The number of ketones is 1. The number of carbonyl (C=O) groups is 1. The van der Waals surface area contributed by atoms with Gasteiger partial charge in [-0.05, 0) is 18.8 Å². The van der Waals surface area contributed by atoms with Crippen LogP contribution < -0.4 is 5.32 Å². The van der Waals surface area contributed by atoms with Crippen molar-refractivity contribution < 1.29 is 4.79 Å². The minimum absolute atomic E-state index is 0.0764. The van der Waals surface area contributed by atoms with E-state index >= 15 is 0 Å². The highest BCUT2D eigenvalue weighted by Crippen LogP contribution is 2.32. The van der Waals surface area contributed by atoms with Gasteiger partial charge in [-0.3, -0.25) is 4.79 Å². The van der Waals surface area contributed by atoms with Gasteiger partial charge in [0.15, 0.2) is 5.78 Å². The average molecular weight is 183 g/mol. The maximum atomic E-state index is 11.8. The number of Topliss-reactive ketones (excluding diaryl/α,β-unsaturated/α-hetero) is 1. The Morgan fingerprint density at radius 1 is 1.23 bits per heavy atom. The normalized spacial score (nSPS) is 19.5. The Labute approximate surface area is 81.1 Å². The van der Waals surface area contributed by atoms with E-state index in [2.05, 4.69) is 33.0 Å². The van der Waals surface area contributed by atoms with E-state index in [1.165, 1.54) is 0 Å². The second-order valence-electron chi connectivity index (χ2n) is 4.72. The lowest BCUT2D eigenvalue weighted by Gasteiger charge is -2.23. The van der Waals surface area contributed by atoms with E-state index in [1.807, 2.05) is 0 Å². The Morgan fingerprint density at radius 2 is 1.77 bits per heavy atom. The molecule has 0 radical (unpaired) electrons. The number of hydrogen-bond acceptors (Lipinski definition) is 2. The van der Waals surface area contributed by atoms with Crippen molar-refractivity contribution in [2.45, 2.75) is 52.6 Å². The van der Waals surface area contributed by atoms with E-state index in [0.717, 1.165) is 12.8 Å². The molecule has 0 aromatic heterocycles. The van der Waals surface area contributed by atoms with Crippen molar-refractivity contribution in [1.29, 1.82) is 0 Å². The summed E-state index contributed by atoms with van der Waals surface area (Å²) in [4.78, 5) is 11.8. The van der Waals surface area contributed by atoms with E-state index in [0.29, 0.717) is 23.7 Å². The molecule has 0 bridgehead atoms. The number of rotatable bonds is 5. The van der Waals surface area contributed by atoms with Gasteiger partial charge >= 0.3 is 0 Å². The minimum atomic E-state index is 0.0764. The van der Waals surface area contributed by atoms with Crippen LogP contribution in [0.3, 0.4) is 0 Å². The number of nitrogens with one attached hydrogen (secondary N) is 1. The summed E-state index contributed by atoms with van der Waals surface area (Å²) in [6.07, 6.45) is 2.23. The molecular formula is C11H21NO. The van der Waals surface area contributed by atoms with Gasteiger partial charge < -0.3 is 5.32 Å². The van der Waals surface area contributed by atoms with Gasteiger partial charge in [0.1, 0.15) is 0 Å². The van der Waals surface area contributed by atoms with Gasteiger partial charge in [0.2, 0.25) is 0 Å². The average Bonchev–Trinajstić information content (AvgIpc) is 2.80. The summed E-state index contributed by atoms with van der Waals surface area (Å²) >= 11 is 0. The Hall–Kier alpha value is -0.370. The zero-order valence-electron chi connectivity index (χ0n) is 9.13. The van der Waals surface area contributed by atoms with Crippen LogP contribution in [0.4, 0.5) is 0 Å². The van der Waals surface area contributed by atoms with Crippen molar-refractivity contribution in [3.8, 4) is 0 Å². The molecule has 0 saturated heterocycles. The van der Waals surface area contributed by atoms with Gasteiger partial charge in [0.25, 0.3) is 0 Å². The third-order valence-electron chi connectivity index (χ3n) is 2.47. The molecule has 0 spiro atoms. The highest BCUT2D eigenvalue weighted by Gasteiger charge is 2.35. The smallest absolute Gasteiger partial charge is 0.153 e. The second-order valence-corrected chi connectivity index (χ2v) is 4.72. The maximum Gasteiger partial charge on any atom is 0.153 e. The molecule has 13 heavy (non-hydrogen) atoms. The monoisotopic (exact) mass is 183 g/mol. The van der Waals surface area contributed by atoms with Crippen LogP contribution in [0.5, 0.6) is 0 Å². The quantitative estimate of drug-likeness (QED) is 0.706. The Morgan fingerprint density at radius 3 is 2.08 bits per heavy atom. The molecule has 1 aliphatic carbocycles. The molecule has 0 heterocycles. The van der Waals surface area contributed by atoms with E-state index in [1.54, 1.807) is 0 Å². The van der Waals surface area contributed by atoms with Crippen LogP contribution in [0.15, 0.2) is 0 Å². The summed E-state index contributed by atoms with van der Waals surface area (Å²) in [5.41, 5.74) is 0. The van der Waals surface area contributed by atoms with Gasteiger partial charge in [-0.2, -0.15) is 0 Å². The van der Waals surface area contributed by atoms with Crippen LogP contribution >= 0.6 is 0 Å². The molecule has 0 aliphatic heterocycles. The van der Waals surface area contributed by atoms with Crippen molar-refractivity contribution in [2.24, 2.45) is 11.8 Å². The van der Waals surface area contributed by atoms with Crippen molar-refractivity contribution in [3.05, 3.63) is 0 Å². The fourth-order valence-corrected chi connectivity index (χ4v) is 1.58. The molecule has 1 N–H and O–H groups in total. The molecule has 1 atom stereocenters. The zero-order valence-corrected chi connectivity index (χ0v) is 9.13. The standard InChI is InChI=1S/C11H21NO/c1-7(2)10(12-8(3)4)11(13)9-5-6-9/h7-10,12H,5-6H2,1-4H3/t10-/m0/s1. The molecule has 1 saturated carbocycles. The molecule has 1 rings (SSSR count). The predicted molar refractivity (Wildman–Crippen MR) is 54.6 cm³/mol. The summed E-state index contributed by atoms with van der Waals surface area (Å²) in [5, 5.41) is 3.35. The Balaban J connectivity index is 2.50. The largest absolute Gasteiger partial charge is 0.305 e. The van der Waals surface area contributed by atoms with E-state index in [-0.39, 0.29) is 6.04 Å². The maximum absolute atomic E-state index is 11.8. The Kier molecular flexibility index (Phi) is 3.48. The summed E-state index contributed by atoms with van der Waals surface area (Å²) in [6.45, 7) is 8.41. The van der Waals surface area contributed by atoms with Crippen molar-refractivity contribution >= 4 is 5.78 Å². The van der Waals surface area contributed by atoms with E-state index < -0.39 is 0 Å². The summed E-state index contributed by atoms with van der Waals surface area (Å²) in [6, 6.07) is 0.475. The third kappa shape index (κ3) is 3.11. The van der Waals surface area contributed by atoms with Crippen LogP contribution in [-0.4, -0.2) is 17.9 Å². The molecule has 76 valence electrons. The van der Waals surface area contributed by atoms with Crippen LogP contribution in [0.1, 0.15) is 40.5 Å². The molecule has 0 unspecified atom stereocenters. The first-order chi connectivity index (χ1) is 6.02. The van der Waals surface area contributed by atoms with Gasteiger partial charge in [-0.25, -0.2) is 0 Å². The van der Waals surface area contributed by atoms with Gasteiger partial charge in [-0.1, -0.05) is 27.7 Å². The molecule has 0 aromatic carbocycles. The molecule has 0 amide bonds. The number of hydrogen-bond donors (Lipinski definition) is 1. The van der Waals surface area contributed by atoms with Gasteiger partial charge in [0.05, 0.1) is 6.04 Å². The molecule has 2 nitrogen and oxygen atoms in total. The highest BCUT2D eigenvalue weighted by atomic mass is 16.1. The zero-order chi connectivity index (χ0) is 10.0. The van der Waals surface area contributed by atoms with Crippen molar-refractivity contribution in [2.75, 3.05) is 0 Å². The molecule has 1 fully saturated rings. The van der Waals surface area contributed by atoms with E-state index in [4.69, 9.17) is 0 Å². The van der Waals surface area contributed by atoms with Crippen molar-refractivity contribution in [1.82, 2.24) is 5.32 Å². The fourth-order valence-electron chi connectivity index (χ4n) is 1.58. The Bertz CT molecular complexity index is 183. The molecule has 2 heteroatoms. The lowest BCUT2D eigenvalue weighted by molar-refractivity contribution is -0.123. The van der Waals surface area contributed by atoms with Crippen LogP contribution in [-0.2, 0) is 4.79 Å². The number of carbonyl (C=O) groups excluding carboxylic acids is 1. The van der Waals surface area contributed by atoms with Gasteiger partial charge in [-0.15, -0.1) is 0 Å². The van der Waals surface area contributed by atoms with E-state index in [9.17, 15) is 4.79 Å². The first kappa shape index (κ1) is 10.7. The fraction of sp³-hybridized carbons (Fsp3) is 0.909. The minimum Gasteiger partial charge on any atom is -0.305 e. The molecule has 1 aliphatic rings. The third-order valence-corrected chi connectivity index (χ3v) is 2.47. The van der Waals surface area contributed by atoms with Crippen LogP contribution in [0.25, 0.3) is 0 Å². The lowest BCUT2D eigenvalue weighted by atomic mass is 9.96. The van der Waals surface area contributed by atoms with Gasteiger partial charge in [0, 0.05) is 12.0 Å². The van der Waals surface area contributed by atoms with Crippen LogP contribution in [0, 0.1) is 11.8 Å². The molecular weight excluding hydrogens is 162 g/mol. The summed E-state index contributed by atoms with van der Waals surface area (Å²) in [5.74, 6) is 1.22. The predicted octanol–water partition coefficient (Wildman–Crippen LogP) is 1.99. The second kappa shape index (κ2) is 4.23. The molecule has 0 aromatic rings. The first-order valence-corrected chi connectivity index (χ1v) is 5.32. The van der Waals surface area contributed by atoms with Crippen molar-refractivity contribution in [3.63, 3.8) is 0 Å².